The number of thiazole rings is 1. The molecule has 14 heavy (non-hydrogen) atoms. The molecule has 0 spiro atoms. The van der Waals surface area contributed by atoms with Crippen LogP contribution < -0.4 is 3.58 Å². The molecule has 0 amide bonds. The van der Waals surface area contributed by atoms with Crippen molar-refractivity contribution in [2.24, 2.45) is 0 Å². The monoisotopic (exact) mass is 313 g/mol. The number of aryl methyl sites for hydroxylation is 1. The Labute approximate surface area is 93.1 Å². The summed E-state index contributed by atoms with van der Waals surface area (Å²) in [5.41, 5.74) is 1.16. The number of fused-ring (bicyclic) bond motifs is 1. The molecular formula is C11H15NSSn. The van der Waals surface area contributed by atoms with Gasteiger partial charge in [0.15, 0.2) is 0 Å². The first kappa shape index (κ1) is 10.4. The molecule has 0 aliphatic heterocycles. The average Bonchev–Trinajstić information content (AvgIpc) is 2.41. The molecular weight excluding hydrogens is 297 g/mol. The Kier molecular flexibility index (Phi) is 2.60. The van der Waals surface area contributed by atoms with Crippen molar-refractivity contribution in [2.75, 3.05) is 0 Å². The number of benzene rings is 1. The second-order valence-corrected chi connectivity index (χ2v) is 20.4. The molecule has 0 radical (unpaired) electrons. The topological polar surface area (TPSA) is 12.9 Å². The van der Waals surface area contributed by atoms with E-state index in [1.54, 1.807) is 14.9 Å². The number of rotatable bonds is 1. The van der Waals surface area contributed by atoms with Crippen molar-refractivity contribution in [1.82, 2.24) is 4.98 Å². The summed E-state index contributed by atoms with van der Waals surface area (Å²) >= 11 is -0.0695. The van der Waals surface area contributed by atoms with Crippen molar-refractivity contribution in [3.05, 3.63) is 23.2 Å². The maximum absolute atomic E-state index is 4.48. The van der Waals surface area contributed by atoms with Crippen LogP contribution in [0.3, 0.4) is 0 Å². The van der Waals surface area contributed by atoms with Crippen LogP contribution in [0.15, 0.2) is 18.2 Å². The third kappa shape index (κ3) is 1.96. The summed E-state index contributed by atoms with van der Waals surface area (Å²) in [7, 11) is 0. The van der Waals surface area contributed by atoms with E-state index >= 15 is 0 Å². The molecule has 0 saturated heterocycles. The van der Waals surface area contributed by atoms with Gasteiger partial charge in [0.1, 0.15) is 0 Å². The Balaban J connectivity index is 2.62. The van der Waals surface area contributed by atoms with E-state index in [4.69, 9.17) is 0 Å². The SMILES string of the molecule is Cc1nc2cc[c]([Sn]([CH3])([CH3])[CH3])cc2s1. The molecule has 0 saturated carbocycles. The van der Waals surface area contributed by atoms with Crippen LogP contribution in [0.5, 0.6) is 0 Å². The molecule has 0 bridgehead atoms. The summed E-state index contributed by atoms with van der Waals surface area (Å²) < 4.78 is 2.95. The van der Waals surface area contributed by atoms with Gasteiger partial charge in [-0.05, 0) is 0 Å². The van der Waals surface area contributed by atoms with Crippen LogP contribution in [0.25, 0.3) is 10.2 Å². The van der Waals surface area contributed by atoms with Gasteiger partial charge < -0.3 is 0 Å². The summed E-state index contributed by atoms with van der Waals surface area (Å²) in [6, 6.07) is 6.81. The molecule has 0 fully saturated rings. The Bertz CT molecular complexity index is 468. The molecule has 0 N–H and O–H groups in total. The fourth-order valence-electron chi connectivity index (χ4n) is 1.51. The van der Waals surface area contributed by atoms with Crippen molar-refractivity contribution in [3.63, 3.8) is 0 Å². The van der Waals surface area contributed by atoms with Crippen LogP contribution in [0.2, 0.25) is 14.8 Å². The number of nitrogens with zero attached hydrogens (tertiary/aromatic N) is 1. The third-order valence-electron chi connectivity index (χ3n) is 2.36. The molecule has 0 aliphatic rings. The minimum absolute atomic E-state index is 1.16. The first-order valence-corrected chi connectivity index (χ1v) is 15.6. The average molecular weight is 312 g/mol. The first-order valence-electron chi connectivity index (χ1n) is 4.84. The van der Waals surface area contributed by atoms with Crippen LogP contribution in [0, 0.1) is 6.92 Å². The van der Waals surface area contributed by atoms with Gasteiger partial charge in [-0.15, -0.1) is 0 Å². The van der Waals surface area contributed by atoms with E-state index in [1.165, 1.54) is 9.71 Å². The molecule has 0 atom stereocenters. The molecule has 1 heterocycles. The number of aromatic nitrogens is 1. The van der Waals surface area contributed by atoms with E-state index in [0.29, 0.717) is 0 Å². The van der Waals surface area contributed by atoms with E-state index in [2.05, 4.69) is 44.9 Å². The zero-order chi connectivity index (χ0) is 10.3. The normalized spacial score (nSPS) is 12.3. The van der Waals surface area contributed by atoms with Gasteiger partial charge in [0.05, 0.1) is 0 Å². The van der Waals surface area contributed by atoms with Crippen LogP contribution in [-0.2, 0) is 0 Å². The van der Waals surface area contributed by atoms with Crippen molar-refractivity contribution in [2.45, 2.75) is 21.7 Å². The van der Waals surface area contributed by atoms with E-state index in [0.717, 1.165) is 5.52 Å². The summed E-state index contributed by atoms with van der Waals surface area (Å²) in [6.45, 7) is 2.07. The molecule has 3 heteroatoms. The predicted molar refractivity (Wildman–Crippen MR) is 67.3 cm³/mol. The van der Waals surface area contributed by atoms with Crippen LogP contribution >= 0.6 is 11.3 Å². The van der Waals surface area contributed by atoms with E-state index in [9.17, 15) is 0 Å². The second kappa shape index (κ2) is 3.49. The van der Waals surface area contributed by atoms with Crippen molar-refractivity contribution in [1.29, 1.82) is 0 Å². The van der Waals surface area contributed by atoms with Gasteiger partial charge in [0.25, 0.3) is 0 Å². The quantitative estimate of drug-likeness (QED) is 0.737. The minimum atomic E-state index is -1.87. The molecule has 1 aromatic heterocycles. The zero-order valence-corrected chi connectivity index (χ0v) is 12.8. The maximum atomic E-state index is 4.48. The van der Waals surface area contributed by atoms with Gasteiger partial charge in [-0.1, -0.05) is 0 Å². The zero-order valence-electron chi connectivity index (χ0n) is 9.09. The Morgan fingerprint density at radius 2 is 1.93 bits per heavy atom. The molecule has 0 aliphatic carbocycles. The van der Waals surface area contributed by atoms with Gasteiger partial charge in [-0.25, -0.2) is 0 Å². The Morgan fingerprint density at radius 1 is 1.21 bits per heavy atom. The molecule has 1 nitrogen and oxygen atoms in total. The number of hydrogen-bond acceptors (Lipinski definition) is 2. The molecule has 1 aromatic carbocycles. The van der Waals surface area contributed by atoms with Gasteiger partial charge in [0, 0.05) is 0 Å². The van der Waals surface area contributed by atoms with Crippen LogP contribution in [-0.4, -0.2) is 23.4 Å². The number of hydrogen-bond donors (Lipinski definition) is 0. The van der Waals surface area contributed by atoms with Crippen molar-refractivity contribution in [3.8, 4) is 0 Å². The van der Waals surface area contributed by atoms with E-state index in [1.807, 2.05) is 0 Å². The molecule has 2 rings (SSSR count). The van der Waals surface area contributed by atoms with Crippen molar-refractivity contribution >= 4 is 43.5 Å². The van der Waals surface area contributed by atoms with Gasteiger partial charge in [-0.2, -0.15) is 0 Å². The summed E-state index contributed by atoms with van der Waals surface area (Å²) in [6.07, 6.45) is 0. The summed E-state index contributed by atoms with van der Waals surface area (Å²) in [5.74, 6) is 0. The fourth-order valence-corrected chi connectivity index (χ4v) is 5.98. The fraction of sp³-hybridized carbons (Fsp3) is 0.364. The standard InChI is InChI=1S/C8H6NS.3CH3.Sn/c1-6-9-7-4-2-3-5-8(7)10-6;;;;/h2,4-5H,1H3;3*1H3;. The van der Waals surface area contributed by atoms with Crippen LogP contribution in [0.1, 0.15) is 5.01 Å². The summed E-state index contributed by atoms with van der Waals surface area (Å²) in [4.78, 5) is 11.8. The van der Waals surface area contributed by atoms with Crippen molar-refractivity contribution < 1.29 is 0 Å². The Morgan fingerprint density at radius 3 is 2.57 bits per heavy atom. The molecule has 74 valence electrons. The van der Waals surface area contributed by atoms with Gasteiger partial charge >= 0.3 is 93.4 Å². The summed E-state index contributed by atoms with van der Waals surface area (Å²) in [5, 5.41) is 1.17. The predicted octanol–water partition coefficient (Wildman–Crippen LogP) is 3.15. The first-order chi connectivity index (χ1) is 6.47. The van der Waals surface area contributed by atoms with E-state index in [-0.39, 0.29) is 0 Å². The van der Waals surface area contributed by atoms with Gasteiger partial charge in [-0.3, -0.25) is 0 Å². The van der Waals surface area contributed by atoms with Crippen LogP contribution in [0.4, 0.5) is 0 Å². The Hall–Kier alpha value is -0.0913. The molecule has 2 aromatic rings. The third-order valence-corrected chi connectivity index (χ3v) is 9.13. The van der Waals surface area contributed by atoms with Gasteiger partial charge in [0.2, 0.25) is 0 Å². The molecule has 0 unspecified atom stereocenters. The van der Waals surface area contributed by atoms with E-state index < -0.39 is 18.4 Å². The second-order valence-electron chi connectivity index (χ2n) is 4.67.